The molecule has 0 N–H and O–H groups in total. The molecule has 0 atom stereocenters. The van der Waals surface area contributed by atoms with Gasteiger partial charge in [0.25, 0.3) is 0 Å². The van der Waals surface area contributed by atoms with E-state index in [1.54, 1.807) is 13.8 Å². The Balaban J connectivity index is 0. The molecule has 1 aromatic carbocycles. The molecule has 0 amide bonds. The quantitative estimate of drug-likeness (QED) is 0.320. The van der Waals surface area contributed by atoms with Crippen molar-refractivity contribution < 1.29 is 9.53 Å². The number of hydrogen-bond donors (Lipinski definition) is 0. The summed E-state index contributed by atoms with van der Waals surface area (Å²) in [6.45, 7) is 16.3. The van der Waals surface area contributed by atoms with Crippen molar-refractivity contribution in [2.45, 2.75) is 33.6 Å². The van der Waals surface area contributed by atoms with Gasteiger partial charge in [-0.1, -0.05) is 69.5 Å². The van der Waals surface area contributed by atoms with E-state index < -0.39 is 0 Å². The van der Waals surface area contributed by atoms with Crippen molar-refractivity contribution in [2.75, 3.05) is 6.61 Å². The summed E-state index contributed by atoms with van der Waals surface area (Å²) in [4.78, 5) is 10.7. The standard InChI is InChI=1S/C8H14O2.C8H8.C4H5N/c1-4-5-6-10-8(9)7(2)3;1-2-8-6-4-3-5-7-8;1-4(2)3-5/h2,4-6H2,1,3H3;2-7H,1H2;1H2,2H3. The van der Waals surface area contributed by atoms with Gasteiger partial charge in [0.05, 0.1) is 12.7 Å². The summed E-state index contributed by atoms with van der Waals surface area (Å²) < 4.78 is 4.81. The lowest BCUT2D eigenvalue weighted by Crippen LogP contribution is -2.05. The molecule has 0 spiro atoms. The molecule has 3 heteroatoms. The minimum Gasteiger partial charge on any atom is -0.462 e. The minimum atomic E-state index is -0.284. The van der Waals surface area contributed by atoms with E-state index in [0.717, 1.165) is 12.8 Å². The molecule has 1 rings (SSSR count). The first kappa shape index (κ1) is 22.7. The van der Waals surface area contributed by atoms with Crippen LogP contribution in [0.4, 0.5) is 0 Å². The molecule has 0 saturated heterocycles. The van der Waals surface area contributed by atoms with Crippen LogP contribution < -0.4 is 0 Å². The predicted octanol–water partition coefficient (Wildman–Crippen LogP) is 5.32. The van der Waals surface area contributed by atoms with Gasteiger partial charge in [0.15, 0.2) is 0 Å². The highest BCUT2D eigenvalue weighted by molar-refractivity contribution is 5.86. The Bertz CT molecular complexity index is 524. The Kier molecular flexibility index (Phi) is 15.6. The Hall–Kier alpha value is -2.60. The van der Waals surface area contributed by atoms with Crippen molar-refractivity contribution >= 4 is 12.0 Å². The Morgan fingerprint density at radius 1 is 1.26 bits per heavy atom. The van der Waals surface area contributed by atoms with Gasteiger partial charge in [0, 0.05) is 11.1 Å². The summed E-state index contributed by atoms with van der Waals surface area (Å²) in [5.41, 5.74) is 2.20. The average molecular weight is 313 g/mol. The number of esters is 1. The van der Waals surface area contributed by atoms with E-state index in [1.807, 2.05) is 42.5 Å². The van der Waals surface area contributed by atoms with Crippen LogP contribution in [0.5, 0.6) is 0 Å². The van der Waals surface area contributed by atoms with Crippen molar-refractivity contribution in [3.63, 3.8) is 0 Å². The molecule has 23 heavy (non-hydrogen) atoms. The van der Waals surface area contributed by atoms with Crippen molar-refractivity contribution in [1.29, 1.82) is 5.26 Å². The topological polar surface area (TPSA) is 50.1 Å². The Labute approximate surface area is 140 Å². The summed E-state index contributed by atoms with van der Waals surface area (Å²) in [6.07, 6.45) is 3.81. The van der Waals surface area contributed by atoms with E-state index in [0.29, 0.717) is 17.8 Å². The van der Waals surface area contributed by atoms with Crippen molar-refractivity contribution in [3.05, 3.63) is 66.8 Å². The molecular weight excluding hydrogens is 286 g/mol. The van der Waals surface area contributed by atoms with Gasteiger partial charge in [-0.15, -0.1) is 0 Å². The molecule has 0 aromatic heterocycles. The second-order valence-corrected chi connectivity index (χ2v) is 4.78. The lowest BCUT2D eigenvalue weighted by molar-refractivity contribution is -0.139. The smallest absolute Gasteiger partial charge is 0.333 e. The van der Waals surface area contributed by atoms with Gasteiger partial charge in [0.2, 0.25) is 0 Å². The van der Waals surface area contributed by atoms with E-state index in [9.17, 15) is 4.79 Å². The number of unbranched alkanes of at least 4 members (excludes halogenated alkanes) is 1. The predicted molar refractivity (Wildman–Crippen MR) is 97.6 cm³/mol. The highest BCUT2D eigenvalue weighted by Crippen LogP contribution is 1.97. The van der Waals surface area contributed by atoms with Crippen LogP contribution in [0, 0.1) is 11.3 Å². The van der Waals surface area contributed by atoms with Gasteiger partial charge >= 0.3 is 5.97 Å². The number of benzene rings is 1. The first-order chi connectivity index (χ1) is 10.9. The van der Waals surface area contributed by atoms with Crippen LogP contribution in [0.1, 0.15) is 39.2 Å². The second kappa shape index (κ2) is 15.8. The molecule has 0 radical (unpaired) electrons. The van der Waals surface area contributed by atoms with Gasteiger partial charge in [-0.3, -0.25) is 0 Å². The third kappa shape index (κ3) is 17.3. The molecular formula is C20H27NO2. The van der Waals surface area contributed by atoms with Crippen LogP contribution in [0.3, 0.4) is 0 Å². The lowest BCUT2D eigenvalue weighted by atomic mass is 10.2. The van der Waals surface area contributed by atoms with Crippen LogP contribution >= 0.6 is 0 Å². The van der Waals surface area contributed by atoms with Gasteiger partial charge in [0.1, 0.15) is 0 Å². The molecule has 0 bridgehead atoms. The van der Waals surface area contributed by atoms with E-state index in [2.05, 4.69) is 26.7 Å². The maximum absolute atomic E-state index is 10.7. The van der Waals surface area contributed by atoms with Crippen LogP contribution in [0.2, 0.25) is 0 Å². The van der Waals surface area contributed by atoms with Crippen LogP contribution in [0.15, 0.2) is 61.2 Å². The largest absolute Gasteiger partial charge is 0.462 e. The second-order valence-electron chi connectivity index (χ2n) is 4.78. The number of allylic oxidation sites excluding steroid dienone is 1. The van der Waals surface area contributed by atoms with Gasteiger partial charge in [-0.25, -0.2) is 4.79 Å². The zero-order valence-electron chi connectivity index (χ0n) is 14.5. The Morgan fingerprint density at radius 2 is 1.78 bits per heavy atom. The zero-order chi connectivity index (χ0) is 18.1. The first-order valence-electron chi connectivity index (χ1n) is 7.44. The third-order valence-corrected chi connectivity index (χ3v) is 2.31. The van der Waals surface area contributed by atoms with Gasteiger partial charge in [-0.05, 0) is 25.8 Å². The molecule has 0 fully saturated rings. The number of hydrogen-bond acceptors (Lipinski definition) is 3. The van der Waals surface area contributed by atoms with E-state index in [1.165, 1.54) is 5.56 Å². The lowest BCUT2D eigenvalue weighted by Gasteiger charge is -2.01. The molecule has 0 saturated carbocycles. The Morgan fingerprint density at radius 3 is 2.09 bits per heavy atom. The molecule has 3 nitrogen and oxygen atoms in total. The van der Waals surface area contributed by atoms with E-state index in [4.69, 9.17) is 10.00 Å². The number of rotatable bonds is 5. The van der Waals surface area contributed by atoms with Crippen LogP contribution in [-0.2, 0) is 9.53 Å². The number of nitriles is 1. The molecule has 0 unspecified atom stereocenters. The van der Waals surface area contributed by atoms with Crippen LogP contribution in [0.25, 0.3) is 6.08 Å². The highest BCUT2D eigenvalue weighted by Gasteiger charge is 2.00. The maximum atomic E-state index is 10.7. The summed E-state index contributed by atoms with van der Waals surface area (Å²) in [7, 11) is 0. The van der Waals surface area contributed by atoms with Gasteiger partial charge in [-0.2, -0.15) is 5.26 Å². The molecule has 0 aliphatic heterocycles. The fourth-order valence-electron chi connectivity index (χ4n) is 1.02. The van der Waals surface area contributed by atoms with E-state index in [-0.39, 0.29) is 5.97 Å². The number of carbonyl (C=O) groups excluding carboxylic acids is 1. The third-order valence-electron chi connectivity index (χ3n) is 2.31. The summed E-state index contributed by atoms with van der Waals surface area (Å²) in [5.74, 6) is -0.284. The van der Waals surface area contributed by atoms with Gasteiger partial charge < -0.3 is 4.74 Å². The molecule has 0 aliphatic rings. The number of ether oxygens (including phenoxy) is 1. The van der Waals surface area contributed by atoms with Crippen molar-refractivity contribution in [2.24, 2.45) is 0 Å². The van der Waals surface area contributed by atoms with E-state index >= 15 is 0 Å². The fourth-order valence-corrected chi connectivity index (χ4v) is 1.02. The molecule has 0 aliphatic carbocycles. The molecule has 1 aromatic rings. The summed E-state index contributed by atoms with van der Waals surface area (Å²) in [5, 5.41) is 7.79. The monoisotopic (exact) mass is 313 g/mol. The maximum Gasteiger partial charge on any atom is 0.333 e. The molecule has 124 valence electrons. The minimum absolute atomic E-state index is 0.284. The zero-order valence-corrected chi connectivity index (χ0v) is 14.5. The molecule has 0 heterocycles. The first-order valence-corrected chi connectivity index (χ1v) is 7.44. The summed E-state index contributed by atoms with van der Waals surface area (Å²) in [6, 6.07) is 11.9. The fraction of sp³-hybridized carbons (Fsp3) is 0.300. The number of carbonyl (C=O) groups is 1. The van der Waals surface area contributed by atoms with Crippen molar-refractivity contribution in [3.8, 4) is 6.07 Å². The average Bonchev–Trinajstić information content (AvgIpc) is 2.56. The van der Waals surface area contributed by atoms with Crippen molar-refractivity contribution in [1.82, 2.24) is 0 Å². The number of nitrogens with zero attached hydrogens (tertiary/aromatic N) is 1. The SMILES string of the molecule is C=C(C)C#N.C=C(C)C(=O)OCCCC.C=Cc1ccccc1. The van der Waals surface area contributed by atoms with Crippen LogP contribution in [-0.4, -0.2) is 12.6 Å². The summed E-state index contributed by atoms with van der Waals surface area (Å²) >= 11 is 0. The highest BCUT2D eigenvalue weighted by atomic mass is 16.5. The normalized spacial score (nSPS) is 8.09.